The molecule has 4 aromatic rings. The highest BCUT2D eigenvalue weighted by Crippen LogP contribution is 2.05. The molecule has 22 heavy (non-hydrogen) atoms. The first-order valence-corrected chi connectivity index (χ1v) is 7.23. The van der Waals surface area contributed by atoms with Gasteiger partial charge in [0.15, 0.2) is 5.65 Å². The summed E-state index contributed by atoms with van der Waals surface area (Å²) in [5.74, 6) is 0. The van der Waals surface area contributed by atoms with Gasteiger partial charge in [0.05, 0.1) is 11.4 Å². The largest absolute Gasteiger partial charge is 0.307 e. The number of hydrogen-bond acceptors (Lipinski definition) is 3. The molecule has 0 aliphatic carbocycles. The Hall–Kier alpha value is -2.69. The summed E-state index contributed by atoms with van der Waals surface area (Å²) in [6.07, 6.45) is 6.03. The van der Waals surface area contributed by atoms with Crippen molar-refractivity contribution in [2.45, 2.75) is 27.7 Å². The molecule has 0 saturated carbocycles. The van der Waals surface area contributed by atoms with E-state index in [2.05, 4.69) is 34.3 Å². The molecule has 0 aliphatic heterocycles. The molecular weight excluding hydrogens is 274 g/mol. The number of hydrogen-bond donors (Lipinski definition) is 0. The summed E-state index contributed by atoms with van der Waals surface area (Å²) in [5.41, 5.74) is 6.29. The van der Waals surface area contributed by atoms with Crippen LogP contribution in [-0.2, 0) is 0 Å². The van der Waals surface area contributed by atoms with Gasteiger partial charge in [0, 0.05) is 30.4 Å². The van der Waals surface area contributed by atoms with Crippen LogP contribution in [0.15, 0.2) is 42.9 Å². The fraction of sp³-hybridized carbons (Fsp3) is 0.235. The molecule has 0 spiro atoms. The van der Waals surface area contributed by atoms with E-state index in [1.165, 1.54) is 5.56 Å². The Morgan fingerprint density at radius 3 is 2.36 bits per heavy atom. The monoisotopic (exact) mass is 293 g/mol. The van der Waals surface area contributed by atoms with Crippen LogP contribution < -0.4 is 0 Å². The van der Waals surface area contributed by atoms with Crippen molar-refractivity contribution in [3.63, 3.8) is 0 Å². The van der Waals surface area contributed by atoms with E-state index in [1.807, 2.05) is 55.8 Å². The van der Waals surface area contributed by atoms with Crippen molar-refractivity contribution < 1.29 is 0 Å². The Labute approximate surface area is 129 Å². The van der Waals surface area contributed by atoms with Gasteiger partial charge in [-0.05, 0) is 45.4 Å². The molecule has 4 heterocycles. The van der Waals surface area contributed by atoms with Crippen molar-refractivity contribution in [2.75, 3.05) is 0 Å². The van der Waals surface area contributed by atoms with E-state index in [0.717, 1.165) is 28.4 Å². The minimum Gasteiger partial charge on any atom is -0.307 e. The molecule has 4 aromatic heterocycles. The molecule has 0 amide bonds. The van der Waals surface area contributed by atoms with Gasteiger partial charge in [-0.3, -0.25) is 0 Å². The standard InChI is InChI=1S/C9H10N2.C8H9N3/c1-7-3-4-9-10-8(2)6-11(9)5-7;1-6-3-4-11-8(9-6)5-7(2)10-11/h3-6H,1-2H3;3-5H,1-2H3. The van der Waals surface area contributed by atoms with Crippen LogP contribution in [0.4, 0.5) is 0 Å². The first kappa shape index (κ1) is 14.3. The maximum Gasteiger partial charge on any atom is 0.155 e. The molecule has 0 aliphatic rings. The molecule has 0 unspecified atom stereocenters. The lowest BCUT2D eigenvalue weighted by molar-refractivity contribution is 0.909. The lowest BCUT2D eigenvalue weighted by atomic mass is 10.3. The smallest absolute Gasteiger partial charge is 0.155 e. The Kier molecular flexibility index (Phi) is 3.63. The first-order chi connectivity index (χ1) is 10.5. The number of aromatic nitrogens is 5. The van der Waals surface area contributed by atoms with E-state index >= 15 is 0 Å². The summed E-state index contributed by atoms with van der Waals surface area (Å²) < 4.78 is 3.83. The molecular formula is C17H19N5. The Morgan fingerprint density at radius 1 is 0.773 bits per heavy atom. The highest BCUT2D eigenvalue weighted by molar-refractivity contribution is 5.41. The minimum atomic E-state index is 0.919. The van der Waals surface area contributed by atoms with E-state index in [1.54, 1.807) is 4.52 Å². The Bertz CT molecular complexity index is 855. The third-order valence-corrected chi connectivity index (χ3v) is 3.31. The van der Waals surface area contributed by atoms with Crippen molar-refractivity contribution in [1.82, 2.24) is 24.0 Å². The lowest BCUT2D eigenvalue weighted by Crippen LogP contribution is -1.90. The van der Waals surface area contributed by atoms with Crippen LogP contribution >= 0.6 is 0 Å². The van der Waals surface area contributed by atoms with Crippen molar-refractivity contribution in [3.05, 3.63) is 65.5 Å². The van der Waals surface area contributed by atoms with Gasteiger partial charge in [-0.25, -0.2) is 14.5 Å². The quantitative estimate of drug-likeness (QED) is 0.500. The van der Waals surface area contributed by atoms with E-state index in [9.17, 15) is 0 Å². The summed E-state index contributed by atoms with van der Waals surface area (Å²) in [5, 5.41) is 4.21. The molecule has 5 nitrogen and oxygen atoms in total. The van der Waals surface area contributed by atoms with Crippen molar-refractivity contribution in [2.24, 2.45) is 0 Å². The van der Waals surface area contributed by atoms with Gasteiger partial charge >= 0.3 is 0 Å². The third kappa shape index (κ3) is 2.98. The Morgan fingerprint density at radius 2 is 1.55 bits per heavy atom. The summed E-state index contributed by atoms with van der Waals surface area (Å²) in [6, 6.07) is 8.01. The summed E-state index contributed by atoms with van der Waals surface area (Å²) in [6.45, 7) is 8.02. The molecule has 0 bridgehead atoms. The van der Waals surface area contributed by atoms with Crippen LogP contribution in [0.5, 0.6) is 0 Å². The van der Waals surface area contributed by atoms with Gasteiger partial charge in [-0.1, -0.05) is 6.07 Å². The zero-order chi connectivity index (χ0) is 15.7. The molecule has 0 fully saturated rings. The average molecular weight is 293 g/mol. The molecule has 0 N–H and O–H groups in total. The average Bonchev–Trinajstić information content (AvgIpc) is 2.99. The maximum atomic E-state index is 4.32. The zero-order valence-corrected chi connectivity index (χ0v) is 13.3. The number of pyridine rings is 1. The number of rotatable bonds is 0. The number of imidazole rings is 1. The van der Waals surface area contributed by atoms with E-state index in [-0.39, 0.29) is 0 Å². The summed E-state index contributed by atoms with van der Waals surface area (Å²) in [7, 11) is 0. The van der Waals surface area contributed by atoms with Gasteiger partial charge in [0.25, 0.3) is 0 Å². The highest BCUT2D eigenvalue weighted by atomic mass is 15.2. The molecule has 0 aromatic carbocycles. The molecule has 0 radical (unpaired) electrons. The Balaban J connectivity index is 0.000000131. The lowest BCUT2D eigenvalue weighted by Gasteiger charge is -1.92. The minimum absolute atomic E-state index is 0.919. The molecule has 0 atom stereocenters. The predicted octanol–water partition coefficient (Wildman–Crippen LogP) is 3.30. The van der Waals surface area contributed by atoms with Crippen LogP contribution in [0.1, 0.15) is 22.6 Å². The van der Waals surface area contributed by atoms with Crippen LogP contribution in [0, 0.1) is 27.7 Å². The van der Waals surface area contributed by atoms with Crippen molar-refractivity contribution in [1.29, 1.82) is 0 Å². The van der Waals surface area contributed by atoms with Crippen LogP contribution in [0.3, 0.4) is 0 Å². The number of nitrogens with zero attached hydrogens (tertiary/aromatic N) is 5. The van der Waals surface area contributed by atoms with Crippen molar-refractivity contribution >= 4 is 11.3 Å². The fourth-order valence-electron chi connectivity index (χ4n) is 2.32. The number of aryl methyl sites for hydroxylation is 4. The van der Waals surface area contributed by atoms with Crippen LogP contribution in [-0.4, -0.2) is 24.0 Å². The molecule has 5 heteroatoms. The van der Waals surface area contributed by atoms with E-state index in [0.29, 0.717) is 0 Å². The van der Waals surface area contributed by atoms with E-state index < -0.39 is 0 Å². The first-order valence-electron chi connectivity index (χ1n) is 7.23. The molecule has 4 rings (SSSR count). The van der Waals surface area contributed by atoms with Gasteiger partial charge < -0.3 is 4.40 Å². The van der Waals surface area contributed by atoms with Gasteiger partial charge in [-0.15, -0.1) is 0 Å². The SMILES string of the molecule is Cc1ccc2nc(C)cn2c1.Cc1ccn2nc(C)cc2n1. The summed E-state index contributed by atoms with van der Waals surface area (Å²) in [4.78, 5) is 8.61. The summed E-state index contributed by atoms with van der Waals surface area (Å²) >= 11 is 0. The number of fused-ring (bicyclic) bond motifs is 2. The fourth-order valence-corrected chi connectivity index (χ4v) is 2.32. The second-order valence-corrected chi connectivity index (χ2v) is 5.51. The molecule has 0 saturated heterocycles. The van der Waals surface area contributed by atoms with Crippen LogP contribution in [0.25, 0.3) is 11.3 Å². The second kappa shape index (κ2) is 5.60. The topological polar surface area (TPSA) is 47.5 Å². The van der Waals surface area contributed by atoms with Crippen molar-refractivity contribution in [3.8, 4) is 0 Å². The predicted molar refractivity (Wildman–Crippen MR) is 87.1 cm³/mol. The van der Waals surface area contributed by atoms with Crippen LogP contribution in [0.2, 0.25) is 0 Å². The highest BCUT2D eigenvalue weighted by Gasteiger charge is 1.97. The normalized spacial score (nSPS) is 10.7. The van der Waals surface area contributed by atoms with Gasteiger partial charge in [0.1, 0.15) is 5.65 Å². The van der Waals surface area contributed by atoms with Gasteiger partial charge in [-0.2, -0.15) is 5.10 Å². The van der Waals surface area contributed by atoms with E-state index in [4.69, 9.17) is 0 Å². The second-order valence-electron chi connectivity index (χ2n) is 5.51. The molecule has 112 valence electrons. The zero-order valence-electron chi connectivity index (χ0n) is 13.3. The van der Waals surface area contributed by atoms with Gasteiger partial charge in [0.2, 0.25) is 0 Å². The maximum absolute atomic E-state index is 4.32. The third-order valence-electron chi connectivity index (χ3n) is 3.31.